The van der Waals surface area contributed by atoms with Crippen molar-refractivity contribution < 1.29 is 4.79 Å². The molecule has 82 valence electrons. The maximum atomic E-state index is 11.8. The largest absolute Gasteiger partial charge is 0.343 e. The number of carbonyl (C=O) groups excluding carboxylic acids is 1. The highest BCUT2D eigenvalue weighted by Gasteiger charge is 2.32. The summed E-state index contributed by atoms with van der Waals surface area (Å²) in [4.78, 5) is 13.7. The van der Waals surface area contributed by atoms with Gasteiger partial charge in [0.2, 0.25) is 5.91 Å². The molecule has 0 atom stereocenters. The van der Waals surface area contributed by atoms with Crippen LogP contribution in [-0.2, 0) is 4.79 Å². The van der Waals surface area contributed by atoms with Crippen molar-refractivity contribution in [3.05, 3.63) is 0 Å². The highest BCUT2D eigenvalue weighted by atomic mass is 16.2. The second-order valence-electron chi connectivity index (χ2n) is 4.31. The van der Waals surface area contributed by atoms with Crippen LogP contribution in [0.15, 0.2) is 0 Å². The van der Waals surface area contributed by atoms with Gasteiger partial charge in [-0.05, 0) is 26.7 Å². The van der Waals surface area contributed by atoms with Crippen LogP contribution in [0, 0.1) is 0 Å². The molecule has 2 N–H and O–H groups in total. The SMILES string of the molecule is CCN(CC)C(=O)CC1(N)CCCC1. The fraction of sp³-hybridized carbons (Fsp3) is 0.909. The van der Waals surface area contributed by atoms with Crippen molar-refractivity contribution in [1.82, 2.24) is 4.90 Å². The summed E-state index contributed by atoms with van der Waals surface area (Å²) in [6.45, 7) is 5.62. The lowest BCUT2D eigenvalue weighted by molar-refractivity contribution is -0.132. The van der Waals surface area contributed by atoms with E-state index >= 15 is 0 Å². The molecule has 1 rings (SSSR count). The molecule has 1 aliphatic carbocycles. The summed E-state index contributed by atoms with van der Waals surface area (Å²) in [5.41, 5.74) is 5.96. The summed E-state index contributed by atoms with van der Waals surface area (Å²) < 4.78 is 0. The highest BCUT2D eigenvalue weighted by Crippen LogP contribution is 2.30. The topological polar surface area (TPSA) is 46.3 Å². The molecule has 0 radical (unpaired) electrons. The Kier molecular flexibility index (Phi) is 3.93. The summed E-state index contributed by atoms with van der Waals surface area (Å²) in [5.74, 6) is 0.222. The number of hydrogen-bond donors (Lipinski definition) is 1. The Morgan fingerprint density at radius 1 is 1.29 bits per heavy atom. The predicted octanol–water partition coefficient (Wildman–Crippen LogP) is 1.52. The molecular formula is C11H22N2O. The van der Waals surface area contributed by atoms with E-state index < -0.39 is 0 Å². The van der Waals surface area contributed by atoms with E-state index in [-0.39, 0.29) is 11.4 Å². The Bertz CT molecular complexity index is 193. The Hall–Kier alpha value is -0.570. The van der Waals surface area contributed by atoms with Gasteiger partial charge in [0.1, 0.15) is 0 Å². The summed E-state index contributed by atoms with van der Waals surface area (Å²) in [6, 6.07) is 0. The molecule has 14 heavy (non-hydrogen) atoms. The summed E-state index contributed by atoms with van der Waals surface area (Å²) >= 11 is 0. The van der Waals surface area contributed by atoms with E-state index in [0.717, 1.165) is 25.9 Å². The number of rotatable bonds is 4. The van der Waals surface area contributed by atoms with Crippen LogP contribution < -0.4 is 5.73 Å². The third-order valence-corrected chi connectivity index (χ3v) is 3.22. The maximum Gasteiger partial charge on any atom is 0.224 e. The highest BCUT2D eigenvalue weighted by molar-refractivity contribution is 5.77. The fourth-order valence-corrected chi connectivity index (χ4v) is 2.25. The number of nitrogens with zero attached hydrogens (tertiary/aromatic N) is 1. The number of carbonyl (C=O) groups is 1. The van der Waals surface area contributed by atoms with E-state index in [4.69, 9.17) is 5.73 Å². The van der Waals surface area contributed by atoms with Crippen molar-refractivity contribution in [3.8, 4) is 0 Å². The van der Waals surface area contributed by atoms with Gasteiger partial charge < -0.3 is 10.6 Å². The predicted molar refractivity (Wildman–Crippen MR) is 57.9 cm³/mol. The van der Waals surface area contributed by atoms with Crippen molar-refractivity contribution in [2.24, 2.45) is 5.73 Å². The lowest BCUT2D eigenvalue weighted by Crippen LogP contribution is -2.43. The van der Waals surface area contributed by atoms with Crippen LogP contribution in [-0.4, -0.2) is 29.4 Å². The fourth-order valence-electron chi connectivity index (χ4n) is 2.25. The average molecular weight is 198 g/mol. The molecule has 0 aromatic rings. The quantitative estimate of drug-likeness (QED) is 0.744. The lowest BCUT2D eigenvalue weighted by atomic mass is 9.94. The molecule has 0 aliphatic heterocycles. The van der Waals surface area contributed by atoms with Gasteiger partial charge in [-0.3, -0.25) is 4.79 Å². The van der Waals surface area contributed by atoms with Gasteiger partial charge in [0.05, 0.1) is 0 Å². The summed E-state index contributed by atoms with van der Waals surface area (Å²) in [7, 11) is 0. The van der Waals surface area contributed by atoms with Crippen molar-refractivity contribution in [2.75, 3.05) is 13.1 Å². The summed E-state index contributed by atoms with van der Waals surface area (Å²) in [5, 5.41) is 0. The molecule has 0 unspecified atom stereocenters. The molecule has 1 aliphatic rings. The van der Waals surface area contributed by atoms with Gasteiger partial charge in [0.15, 0.2) is 0 Å². The Balaban J connectivity index is 2.46. The monoisotopic (exact) mass is 198 g/mol. The minimum Gasteiger partial charge on any atom is -0.343 e. The molecule has 3 heteroatoms. The first-order chi connectivity index (χ1) is 6.61. The van der Waals surface area contributed by atoms with Crippen LogP contribution in [0.3, 0.4) is 0 Å². The van der Waals surface area contributed by atoms with Gasteiger partial charge in [-0.1, -0.05) is 12.8 Å². The van der Waals surface area contributed by atoms with Crippen molar-refractivity contribution in [1.29, 1.82) is 0 Å². The molecule has 0 aromatic carbocycles. The molecule has 0 heterocycles. The molecule has 0 bridgehead atoms. The third kappa shape index (κ3) is 2.71. The van der Waals surface area contributed by atoms with Crippen LogP contribution in [0.5, 0.6) is 0 Å². The zero-order chi connectivity index (χ0) is 10.6. The van der Waals surface area contributed by atoms with Crippen LogP contribution in [0.1, 0.15) is 46.0 Å². The van der Waals surface area contributed by atoms with Crippen LogP contribution >= 0.6 is 0 Å². The van der Waals surface area contributed by atoms with E-state index in [1.807, 2.05) is 18.7 Å². The Labute approximate surface area is 86.6 Å². The van der Waals surface area contributed by atoms with E-state index in [1.54, 1.807) is 0 Å². The molecular weight excluding hydrogens is 176 g/mol. The molecule has 1 amide bonds. The summed E-state index contributed by atoms with van der Waals surface area (Å²) in [6.07, 6.45) is 4.93. The normalized spacial score (nSPS) is 19.6. The molecule has 0 saturated heterocycles. The number of hydrogen-bond acceptors (Lipinski definition) is 2. The van der Waals surface area contributed by atoms with Gasteiger partial charge in [0, 0.05) is 25.0 Å². The number of nitrogens with two attached hydrogens (primary N) is 1. The van der Waals surface area contributed by atoms with Gasteiger partial charge in [-0.2, -0.15) is 0 Å². The Morgan fingerprint density at radius 3 is 2.21 bits per heavy atom. The zero-order valence-electron chi connectivity index (χ0n) is 9.38. The van der Waals surface area contributed by atoms with Crippen LogP contribution in [0.2, 0.25) is 0 Å². The van der Waals surface area contributed by atoms with Crippen molar-refractivity contribution in [3.63, 3.8) is 0 Å². The Morgan fingerprint density at radius 2 is 1.79 bits per heavy atom. The van der Waals surface area contributed by atoms with Crippen LogP contribution in [0.25, 0.3) is 0 Å². The third-order valence-electron chi connectivity index (χ3n) is 3.22. The molecule has 0 spiro atoms. The number of amides is 1. The first-order valence-electron chi connectivity index (χ1n) is 5.68. The molecule has 0 aromatic heterocycles. The van der Waals surface area contributed by atoms with Gasteiger partial charge in [0.25, 0.3) is 0 Å². The van der Waals surface area contributed by atoms with E-state index in [2.05, 4.69) is 0 Å². The van der Waals surface area contributed by atoms with Crippen molar-refractivity contribution >= 4 is 5.91 Å². The molecule has 1 saturated carbocycles. The molecule has 3 nitrogen and oxygen atoms in total. The smallest absolute Gasteiger partial charge is 0.224 e. The van der Waals surface area contributed by atoms with E-state index in [9.17, 15) is 4.79 Å². The van der Waals surface area contributed by atoms with E-state index in [1.165, 1.54) is 12.8 Å². The standard InChI is InChI=1S/C11H22N2O/c1-3-13(4-2)10(14)9-11(12)7-5-6-8-11/h3-9,12H2,1-2H3. The average Bonchev–Trinajstić information content (AvgIpc) is 2.54. The lowest BCUT2D eigenvalue weighted by Gasteiger charge is -2.27. The van der Waals surface area contributed by atoms with Crippen molar-refractivity contribution in [2.45, 2.75) is 51.5 Å². The first kappa shape index (κ1) is 11.5. The molecule has 1 fully saturated rings. The van der Waals surface area contributed by atoms with Gasteiger partial charge >= 0.3 is 0 Å². The first-order valence-corrected chi connectivity index (χ1v) is 5.68. The van der Waals surface area contributed by atoms with Gasteiger partial charge in [-0.25, -0.2) is 0 Å². The minimum absolute atomic E-state index is 0.195. The second kappa shape index (κ2) is 4.78. The second-order valence-corrected chi connectivity index (χ2v) is 4.31. The van der Waals surface area contributed by atoms with Crippen LogP contribution in [0.4, 0.5) is 0 Å². The zero-order valence-corrected chi connectivity index (χ0v) is 9.38. The maximum absolute atomic E-state index is 11.8. The van der Waals surface area contributed by atoms with E-state index in [0.29, 0.717) is 6.42 Å². The van der Waals surface area contributed by atoms with Gasteiger partial charge in [-0.15, -0.1) is 0 Å². The minimum atomic E-state index is -0.195.